The number of benzene rings is 5. The second kappa shape index (κ2) is 13.8. The summed E-state index contributed by atoms with van der Waals surface area (Å²) in [6, 6.07) is 58.9. The number of furan rings is 1. The summed E-state index contributed by atoms with van der Waals surface area (Å²) >= 11 is 0. The van der Waals surface area contributed by atoms with Crippen LogP contribution in [-0.2, 0) is 0 Å². The monoisotopic (exact) mass is 704 g/mol. The highest BCUT2D eigenvalue weighted by atomic mass is 16.3. The molecule has 10 rings (SSSR count). The van der Waals surface area contributed by atoms with Gasteiger partial charge in [-0.15, -0.1) is 0 Å². The zero-order chi connectivity index (χ0) is 36.6. The summed E-state index contributed by atoms with van der Waals surface area (Å²) < 4.78 is 6.55. The molecule has 0 saturated heterocycles. The fourth-order valence-electron chi connectivity index (χ4n) is 7.35. The molecule has 0 aliphatic heterocycles. The van der Waals surface area contributed by atoms with Crippen LogP contribution in [0.4, 0.5) is 0 Å². The molecule has 258 valence electrons. The first-order valence-corrected chi connectivity index (χ1v) is 18.3. The molecule has 0 unspecified atom stereocenters. The Morgan fingerprint density at radius 3 is 1.36 bits per heavy atom. The van der Waals surface area contributed by atoms with Crippen LogP contribution >= 0.6 is 0 Å². The highest BCUT2D eigenvalue weighted by Gasteiger charge is 2.16. The Hall–Kier alpha value is -7.50. The number of para-hydroxylation sites is 2. The Balaban J connectivity index is 1.12. The van der Waals surface area contributed by atoms with Gasteiger partial charge in [-0.3, -0.25) is 9.97 Å². The minimum absolute atomic E-state index is 0.877. The maximum atomic E-state index is 6.55. The Kier molecular flexibility index (Phi) is 8.08. The van der Waals surface area contributed by atoms with Crippen molar-refractivity contribution < 1.29 is 4.42 Å². The molecule has 0 spiro atoms. The predicted octanol–water partition coefficient (Wildman–Crippen LogP) is 12.8. The van der Waals surface area contributed by atoms with E-state index < -0.39 is 0 Å². The molecule has 5 aromatic carbocycles. The number of pyridine rings is 4. The van der Waals surface area contributed by atoms with Crippen LogP contribution in [0.5, 0.6) is 0 Å². The van der Waals surface area contributed by atoms with Crippen molar-refractivity contribution in [2.45, 2.75) is 0 Å². The molecule has 5 heterocycles. The van der Waals surface area contributed by atoms with Gasteiger partial charge in [0.05, 0.1) is 22.8 Å². The van der Waals surface area contributed by atoms with Crippen molar-refractivity contribution >= 4 is 21.9 Å². The summed E-state index contributed by atoms with van der Waals surface area (Å²) in [7, 11) is 0. The maximum absolute atomic E-state index is 6.55. The number of aromatic nitrogens is 4. The van der Waals surface area contributed by atoms with E-state index >= 15 is 0 Å². The molecule has 0 bridgehead atoms. The third-order valence-corrected chi connectivity index (χ3v) is 10.0. The molecular weight excluding hydrogens is 673 g/mol. The maximum Gasteiger partial charge on any atom is 0.143 e. The lowest BCUT2D eigenvalue weighted by atomic mass is 9.91. The van der Waals surface area contributed by atoms with Gasteiger partial charge < -0.3 is 4.42 Å². The van der Waals surface area contributed by atoms with Gasteiger partial charge in [0.25, 0.3) is 0 Å². The van der Waals surface area contributed by atoms with Crippen LogP contribution in [-0.4, -0.2) is 19.9 Å². The lowest BCUT2D eigenvalue weighted by Gasteiger charge is -2.14. The second-order valence-corrected chi connectivity index (χ2v) is 13.5. The number of rotatable bonds is 7. The van der Waals surface area contributed by atoms with Gasteiger partial charge in [0.15, 0.2) is 0 Å². The summed E-state index contributed by atoms with van der Waals surface area (Å²) in [5.41, 5.74) is 15.9. The van der Waals surface area contributed by atoms with Gasteiger partial charge >= 0.3 is 0 Å². The van der Waals surface area contributed by atoms with Gasteiger partial charge in [-0.1, -0.05) is 84.9 Å². The SMILES string of the molecule is c1cncc(-c2cccc(-c3cccc(-c4cc(-c5cccc(-c6cccc(-c7cccnc7)n6)c5)cc(-c5cccc6c5oc5ccccc56)c4)c3)n2)c1. The highest BCUT2D eigenvalue weighted by Crippen LogP contribution is 2.40. The Morgan fingerprint density at radius 2 is 0.782 bits per heavy atom. The molecule has 0 amide bonds. The largest absolute Gasteiger partial charge is 0.455 e. The van der Waals surface area contributed by atoms with Crippen LogP contribution in [0, 0.1) is 0 Å². The molecule has 0 atom stereocenters. The fraction of sp³-hybridized carbons (Fsp3) is 0. The lowest BCUT2D eigenvalue weighted by molar-refractivity contribution is 0.670. The normalized spacial score (nSPS) is 11.3. The van der Waals surface area contributed by atoms with Gasteiger partial charge in [-0.25, -0.2) is 9.97 Å². The van der Waals surface area contributed by atoms with Crippen molar-refractivity contribution in [3.8, 4) is 78.4 Å². The summed E-state index contributed by atoms with van der Waals surface area (Å²) in [6.45, 7) is 0. The molecule has 0 fully saturated rings. The standard InChI is InChI=1S/C50H32N4O/c1-2-23-49-43(16-1)44-18-5-17-42(50(44)55-49)41-29-39(33-10-3-12-35(26-33)45-19-6-21-47(53-45)37-14-8-24-51-31-37)28-40(30-41)34-11-4-13-36(27-34)46-20-7-22-48(54-46)38-15-9-25-52-32-38/h1-32H. The molecule has 0 aliphatic carbocycles. The van der Waals surface area contributed by atoms with Gasteiger partial charge in [0.1, 0.15) is 11.2 Å². The van der Waals surface area contributed by atoms with Crippen LogP contribution in [0.25, 0.3) is 100 Å². The lowest BCUT2D eigenvalue weighted by Crippen LogP contribution is -1.91. The van der Waals surface area contributed by atoms with Gasteiger partial charge in [0.2, 0.25) is 0 Å². The molecule has 0 aliphatic rings. The third kappa shape index (κ3) is 6.24. The van der Waals surface area contributed by atoms with Gasteiger partial charge in [-0.2, -0.15) is 0 Å². The van der Waals surface area contributed by atoms with Crippen LogP contribution in [0.15, 0.2) is 199 Å². The highest BCUT2D eigenvalue weighted by molar-refractivity contribution is 6.09. The van der Waals surface area contributed by atoms with E-state index in [1.807, 2.05) is 60.9 Å². The molecule has 10 aromatic rings. The van der Waals surface area contributed by atoms with E-state index in [-0.39, 0.29) is 0 Å². The summed E-state index contributed by atoms with van der Waals surface area (Å²) in [5, 5.41) is 2.21. The van der Waals surface area contributed by atoms with E-state index in [4.69, 9.17) is 14.4 Å². The topological polar surface area (TPSA) is 64.7 Å². The molecule has 5 aromatic heterocycles. The predicted molar refractivity (Wildman–Crippen MR) is 223 cm³/mol. The molecule has 0 radical (unpaired) electrons. The quantitative estimate of drug-likeness (QED) is 0.165. The number of fused-ring (bicyclic) bond motifs is 3. The summed E-state index contributed by atoms with van der Waals surface area (Å²) in [5.74, 6) is 0. The van der Waals surface area contributed by atoms with E-state index in [9.17, 15) is 0 Å². The van der Waals surface area contributed by atoms with Crippen molar-refractivity contribution in [2.24, 2.45) is 0 Å². The molecule has 55 heavy (non-hydrogen) atoms. The van der Waals surface area contributed by atoms with Crippen molar-refractivity contribution in [2.75, 3.05) is 0 Å². The van der Waals surface area contributed by atoms with Crippen molar-refractivity contribution in [1.29, 1.82) is 0 Å². The van der Waals surface area contributed by atoms with Crippen LogP contribution in [0.2, 0.25) is 0 Å². The first kappa shape index (κ1) is 32.2. The van der Waals surface area contributed by atoms with E-state index in [2.05, 4.69) is 131 Å². The minimum atomic E-state index is 0.877. The molecule has 0 N–H and O–H groups in total. The third-order valence-electron chi connectivity index (χ3n) is 10.0. The first-order valence-electron chi connectivity index (χ1n) is 18.3. The average molecular weight is 705 g/mol. The van der Waals surface area contributed by atoms with Gasteiger partial charge in [-0.05, 0) is 113 Å². The van der Waals surface area contributed by atoms with Crippen molar-refractivity contribution in [3.63, 3.8) is 0 Å². The van der Waals surface area contributed by atoms with Crippen molar-refractivity contribution in [1.82, 2.24) is 19.9 Å². The summed E-state index contributed by atoms with van der Waals surface area (Å²) in [4.78, 5) is 18.7. The number of hydrogen-bond donors (Lipinski definition) is 0. The van der Waals surface area contributed by atoms with E-state index in [0.717, 1.165) is 100 Å². The zero-order valence-electron chi connectivity index (χ0n) is 29.7. The average Bonchev–Trinajstić information content (AvgIpc) is 3.66. The molecule has 5 nitrogen and oxygen atoms in total. The van der Waals surface area contributed by atoms with Gasteiger partial charge in [0, 0.05) is 63.4 Å². The Labute approximate surface area is 318 Å². The molecular formula is C50H32N4O. The van der Waals surface area contributed by atoms with E-state index in [1.165, 1.54) is 0 Å². The summed E-state index contributed by atoms with van der Waals surface area (Å²) in [6.07, 6.45) is 7.26. The Morgan fingerprint density at radius 1 is 0.327 bits per heavy atom. The second-order valence-electron chi connectivity index (χ2n) is 13.5. The smallest absolute Gasteiger partial charge is 0.143 e. The van der Waals surface area contributed by atoms with Crippen LogP contribution < -0.4 is 0 Å². The number of nitrogens with zero attached hydrogens (tertiary/aromatic N) is 4. The first-order chi connectivity index (χ1) is 27.2. The Bertz CT molecular complexity index is 2850. The number of hydrogen-bond acceptors (Lipinski definition) is 5. The molecule has 0 saturated carbocycles. The zero-order valence-corrected chi connectivity index (χ0v) is 29.7. The minimum Gasteiger partial charge on any atom is -0.455 e. The van der Waals surface area contributed by atoms with Crippen LogP contribution in [0.1, 0.15) is 0 Å². The van der Waals surface area contributed by atoms with Crippen LogP contribution in [0.3, 0.4) is 0 Å². The fourth-order valence-corrected chi connectivity index (χ4v) is 7.35. The molecule has 5 heteroatoms. The van der Waals surface area contributed by atoms with E-state index in [0.29, 0.717) is 0 Å². The van der Waals surface area contributed by atoms with Crippen molar-refractivity contribution in [3.05, 3.63) is 195 Å². The van der Waals surface area contributed by atoms with E-state index in [1.54, 1.807) is 12.4 Å².